The standard InChI is InChI=1S/C19H17ClFN3O4S2/c1-2-24-18(26)16(11-17(25)22-14-7-3-12(20)4-8-14)29-19(24)23-30(27,28)15-9-5-13(21)6-10-15/h3-10,16H,2,11H2,1H3,(H,22,25). The molecule has 1 heterocycles. The van der Waals surface area contributed by atoms with Gasteiger partial charge in [-0.05, 0) is 55.5 Å². The molecule has 1 saturated heterocycles. The normalized spacial score (nSPS) is 18.1. The van der Waals surface area contributed by atoms with Gasteiger partial charge in [-0.25, -0.2) is 4.39 Å². The van der Waals surface area contributed by atoms with Gasteiger partial charge in [0.2, 0.25) is 11.8 Å². The maximum absolute atomic E-state index is 13.1. The molecule has 1 unspecified atom stereocenters. The van der Waals surface area contributed by atoms with E-state index in [1.807, 2.05) is 0 Å². The first kappa shape index (κ1) is 22.3. The molecule has 0 saturated carbocycles. The summed E-state index contributed by atoms with van der Waals surface area (Å²) in [6, 6.07) is 10.7. The van der Waals surface area contributed by atoms with Crippen molar-refractivity contribution in [1.82, 2.24) is 4.90 Å². The van der Waals surface area contributed by atoms with Crippen molar-refractivity contribution in [1.29, 1.82) is 0 Å². The molecule has 0 spiro atoms. The maximum Gasteiger partial charge on any atom is 0.284 e. The monoisotopic (exact) mass is 469 g/mol. The molecule has 0 radical (unpaired) electrons. The van der Waals surface area contributed by atoms with Gasteiger partial charge in [0.1, 0.15) is 11.1 Å². The third-order valence-corrected chi connectivity index (χ3v) is 6.97. The number of rotatable bonds is 6. The summed E-state index contributed by atoms with van der Waals surface area (Å²) >= 11 is 6.72. The lowest BCUT2D eigenvalue weighted by molar-refractivity contribution is -0.128. The minimum Gasteiger partial charge on any atom is -0.326 e. The summed E-state index contributed by atoms with van der Waals surface area (Å²) in [6.07, 6.45) is -0.155. The number of nitrogens with zero attached hydrogens (tertiary/aromatic N) is 2. The highest BCUT2D eigenvalue weighted by Crippen LogP contribution is 2.31. The van der Waals surface area contributed by atoms with Crippen molar-refractivity contribution in [2.24, 2.45) is 4.40 Å². The fourth-order valence-corrected chi connectivity index (χ4v) is 5.22. The highest BCUT2D eigenvalue weighted by Gasteiger charge is 2.39. The van der Waals surface area contributed by atoms with Crippen LogP contribution < -0.4 is 5.32 Å². The lowest BCUT2D eigenvalue weighted by atomic mass is 10.2. The number of carbonyl (C=O) groups excluding carboxylic acids is 2. The first-order valence-corrected chi connectivity index (χ1v) is 11.5. The van der Waals surface area contributed by atoms with Gasteiger partial charge in [0.05, 0.1) is 4.90 Å². The number of hydrogen-bond donors (Lipinski definition) is 1. The number of carbonyl (C=O) groups is 2. The Labute approximate surface area is 182 Å². The highest BCUT2D eigenvalue weighted by atomic mass is 35.5. The molecule has 1 N–H and O–H groups in total. The number of amidine groups is 1. The first-order chi connectivity index (χ1) is 14.2. The maximum atomic E-state index is 13.1. The van der Waals surface area contributed by atoms with Gasteiger partial charge in [0, 0.05) is 23.7 Å². The summed E-state index contributed by atoms with van der Waals surface area (Å²) in [6.45, 7) is 1.87. The van der Waals surface area contributed by atoms with Crippen LogP contribution in [0.15, 0.2) is 57.8 Å². The largest absolute Gasteiger partial charge is 0.326 e. The van der Waals surface area contributed by atoms with E-state index in [1.54, 1.807) is 31.2 Å². The van der Waals surface area contributed by atoms with Gasteiger partial charge >= 0.3 is 0 Å². The van der Waals surface area contributed by atoms with Crippen LogP contribution >= 0.6 is 23.4 Å². The van der Waals surface area contributed by atoms with Crippen molar-refractivity contribution in [2.75, 3.05) is 11.9 Å². The zero-order chi connectivity index (χ0) is 21.9. The molecular formula is C19H17ClFN3O4S2. The molecule has 1 aliphatic rings. The lowest BCUT2D eigenvalue weighted by Crippen LogP contribution is -2.33. The van der Waals surface area contributed by atoms with E-state index in [1.165, 1.54) is 4.90 Å². The molecule has 1 aliphatic heterocycles. The van der Waals surface area contributed by atoms with Crippen LogP contribution in [-0.4, -0.2) is 42.1 Å². The van der Waals surface area contributed by atoms with Gasteiger partial charge in [-0.1, -0.05) is 23.4 Å². The molecule has 0 aliphatic carbocycles. The average molecular weight is 470 g/mol. The number of benzene rings is 2. The summed E-state index contributed by atoms with van der Waals surface area (Å²) in [5.74, 6) is -1.38. The van der Waals surface area contributed by atoms with Crippen molar-refractivity contribution >= 4 is 56.1 Å². The molecule has 1 fully saturated rings. The molecular weight excluding hydrogens is 453 g/mol. The number of thioether (sulfide) groups is 1. The van der Waals surface area contributed by atoms with Gasteiger partial charge in [0.25, 0.3) is 10.0 Å². The Morgan fingerprint density at radius 1 is 1.20 bits per heavy atom. The van der Waals surface area contributed by atoms with E-state index < -0.39 is 32.9 Å². The second kappa shape index (κ2) is 9.15. The second-order valence-corrected chi connectivity index (χ2v) is 9.46. The summed E-state index contributed by atoms with van der Waals surface area (Å²) in [5.41, 5.74) is 0.528. The Morgan fingerprint density at radius 3 is 2.43 bits per heavy atom. The Hall–Kier alpha value is -2.43. The Bertz CT molecular complexity index is 1090. The predicted octanol–water partition coefficient (Wildman–Crippen LogP) is 3.52. The van der Waals surface area contributed by atoms with Crippen LogP contribution in [0.2, 0.25) is 5.02 Å². The molecule has 2 amide bonds. The number of nitrogens with one attached hydrogen (secondary N) is 1. The second-order valence-electron chi connectivity index (χ2n) is 6.25. The van der Waals surface area contributed by atoms with E-state index in [2.05, 4.69) is 9.71 Å². The highest BCUT2D eigenvalue weighted by molar-refractivity contribution is 8.16. The summed E-state index contributed by atoms with van der Waals surface area (Å²) < 4.78 is 41.8. The van der Waals surface area contributed by atoms with Crippen LogP contribution in [0.5, 0.6) is 0 Å². The summed E-state index contributed by atoms with van der Waals surface area (Å²) in [5, 5.41) is 2.37. The molecule has 0 bridgehead atoms. The molecule has 2 aromatic carbocycles. The number of halogens is 2. The van der Waals surface area contributed by atoms with Gasteiger partial charge in [-0.3, -0.25) is 14.5 Å². The molecule has 1 atom stereocenters. The fourth-order valence-electron chi connectivity index (χ4n) is 2.68. The van der Waals surface area contributed by atoms with Crippen molar-refractivity contribution in [3.05, 3.63) is 59.4 Å². The van der Waals surface area contributed by atoms with E-state index in [0.29, 0.717) is 10.7 Å². The van der Waals surface area contributed by atoms with Crippen molar-refractivity contribution in [3.63, 3.8) is 0 Å². The van der Waals surface area contributed by atoms with Crippen molar-refractivity contribution in [3.8, 4) is 0 Å². The molecule has 30 heavy (non-hydrogen) atoms. The Morgan fingerprint density at radius 2 is 1.83 bits per heavy atom. The topological polar surface area (TPSA) is 95.9 Å². The van der Waals surface area contributed by atoms with Crippen molar-refractivity contribution in [2.45, 2.75) is 23.5 Å². The smallest absolute Gasteiger partial charge is 0.284 e. The van der Waals surface area contributed by atoms with Crippen molar-refractivity contribution < 1.29 is 22.4 Å². The van der Waals surface area contributed by atoms with E-state index in [9.17, 15) is 22.4 Å². The van der Waals surface area contributed by atoms with Crippen LogP contribution in [0.4, 0.5) is 10.1 Å². The van der Waals surface area contributed by atoms with E-state index in [-0.39, 0.29) is 23.0 Å². The minimum absolute atomic E-state index is 0.0175. The van der Waals surface area contributed by atoms with Gasteiger partial charge < -0.3 is 5.32 Å². The van der Waals surface area contributed by atoms with Crippen LogP contribution in [-0.2, 0) is 19.6 Å². The Balaban J connectivity index is 1.75. The quantitative estimate of drug-likeness (QED) is 0.698. The van der Waals surface area contributed by atoms with E-state index >= 15 is 0 Å². The van der Waals surface area contributed by atoms with Crippen LogP contribution in [0.3, 0.4) is 0 Å². The lowest BCUT2D eigenvalue weighted by Gasteiger charge is -2.13. The summed E-state index contributed by atoms with van der Waals surface area (Å²) in [4.78, 5) is 26.0. The molecule has 7 nitrogen and oxygen atoms in total. The summed E-state index contributed by atoms with van der Waals surface area (Å²) in [7, 11) is -4.14. The Kier molecular flexibility index (Phi) is 6.79. The van der Waals surface area contributed by atoms with Gasteiger partial charge in [-0.15, -0.1) is 4.40 Å². The predicted molar refractivity (Wildman–Crippen MR) is 114 cm³/mol. The number of anilines is 1. The molecule has 158 valence electrons. The van der Waals surface area contributed by atoms with E-state index in [0.717, 1.165) is 36.0 Å². The third kappa shape index (κ3) is 5.18. The SMILES string of the molecule is CCN1C(=O)C(CC(=O)Nc2ccc(Cl)cc2)SC1=NS(=O)(=O)c1ccc(F)cc1. The first-order valence-electron chi connectivity index (χ1n) is 8.83. The van der Waals surface area contributed by atoms with Crippen LogP contribution in [0, 0.1) is 5.82 Å². The zero-order valence-electron chi connectivity index (χ0n) is 15.7. The van der Waals surface area contributed by atoms with Crippen LogP contribution in [0.25, 0.3) is 0 Å². The minimum atomic E-state index is -4.14. The molecule has 0 aromatic heterocycles. The van der Waals surface area contributed by atoms with E-state index in [4.69, 9.17) is 11.6 Å². The zero-order valence-corrected chi connectivity index (χ0v) is 18.1. The molecule has 3 rings (SSSR count). The fraction of sp³-hybridized carbons (Fsp3) is 0.211. The molecule has 11 heteroatoms. The number of amides is 2. The number of hydrogen-bond acceptors (Lipinski definition) is 5. The average Bonchev–Trinajstić information content (AvgIpc) is 2.97. The van der Waals surface area contributed by atoms with Crippen LogP contribution in [0.1, 0.15) is 13.3 Å². The molecule has 2 aromatic rings. The number of sulfonamides is 1. The third-order valence-electron chi connectivity index (χ3n) is 4.14. The van der Waals surface area contributed by atoms with Gasteiger partial charge in [-0.2, -0.15) is 8.42 Å². The van der Waals surface area contributed by atoms with Gasteiger partial charge in [0.15, 0.2) is 5.17 Å².